The molecule has 0 bridgehead atoms. The zero-order valence-corrected chi connectivity index (χ0v) is 5.34. The predicted octanol–water partition coefficient (Wildman–Crippen LogP) is 0.477. The van der Waals surface area contributed by atoms with Gasteiger partial charge in [-0.05, 0) is 6.42 Å². The number of hydrogen-bond acceptors (Lipinski definition) is 2. The first-order valence-electron chi connectivity index (χ1n) is 2.72. The van der Waals surface area contributed by atoms with Crippen LogP contribution in [0.5, 0.6) is 0 Å². The third-order valence-corrected chi connectivity index (χ3v) is 1.09. The predicted molar refractivity (Wildman–Crippen MR) is 28.9 cm³/mol. The van der Waals surface area contributed by atoms with E-state index in [1.807, 2.05) is 0 Å². The van der Waals surface area contributed by atoms with Crippen molar-refractivity contribution in [2.75, 3.05) is 0 Å². The van der Waals surface area contributed by atoms with Gasteiger partial charge in [0.2, 0.25) is 0 Å². The Hall–Kier alpha value is -0.710. The van der Waals surface area contributed by atoms with Crippen LogP contribution in [0.1, 0.15) is 13.3 Å². The molecule has 60 valence electrons. The van der Waals surface area contributed by atoms with E-state index < -0.39 is 18.0 Å². The molecule has 5 heteroatoms. The molecular weight excluding hydrogens is 146 g/mol. The number of hydrogen-bond donors (Lipinski definition) is 2. The van der Waals surface area contributed by atoms with Gasteiger partial charge in [-0.15, -0.1) is 0 Å². The van der Waals surface area contributed by atoms with Crippen molar-refractivity contribution in [1.29, 1.82) is 0 Å². The molecule has 3 nitrogen and oxygen atoms in total. The molecule has 10 heavy (non-hydrogen) atoms. The molecule has 2 N–H and O–H groups in total. The molecule has 0 aliphatic carbocycles. The summed E-state index contributed by atoms with van der Waals surface area (Å²) in [7, 11) is 0. The first-order chi connectivity index (χ1) is 4.42. The fraction of sp³-hybridized carbons (Fsp3) is 0.800. The van der Waals surface area contributed by atoms with Crippen molar-refractivity contribution in [3.8, 4) is 0 Å². The minimum absolute atomic E-state index is 0.278. The highest BCUT2D eigenvalue weighted by atomic mass is 19.3. The second-order valence-electron chi connectivity index (χ2n) is 1.85. The number of alkyl halides is 2. The second-order valence-corrected chi connectivity index (χ2v) is 1.85. The lowest BCUT2D eigenvalue weighted by atomic mass is 10.1. The number of aliphatic hydroxyl groups is 1. The van der Waals surface area contributed by atoms with Crippen molar-refractivity contribution in [3.63, 3.8) is 0 Å². The van der Waals surface area contributed by atoms with Crippen molar-refractivity contribution >= 4 is 5.97 Å². The molecule has 0 amide bonds. The lowest BCUT2D eigenvalue weighted by Gasteiger charge is -2.15. The number of aliphatic carboxylic acids is 1. The molecule has 0 aromatic carbocycles. The average molecular weight is 154 g/mol. The van der Waals surface area contributed by atoms with E-state index in [1.165, 1.54) is 6.92 Å². The molecule has 0 aliphatic rings. The van der Waals surface area contributed by atoms with Crippen molar-refractivity contribution in [1.82, 2.24) is 0 Å². The summed E-state index contributed by atoms with van der Waals surface area (Å²) in [6.07, 6.45) is -2.37. The summed E-state index contributed by atoms with van der Waals surface area (Å²) in [5.74, 6) is -6.31. The Bertz CT molecular complexity index is 135. The van der Waals surface area contributed by atoms with Gasteiger partial charge in [0.25, 0.3) is 0 Å². The van der Waals surface area contributed by atoms with Gasteiger partial charge in [0.1, 0.15) is 6.10 Å². The lowest BCUT2D eigenvalue weighted by molar-refractivity contribution is -0.182. The van der Waals surface area contributed by atoms with Crippen LogP contribution < -0.4 is 0 Å². The number of carbonyl (C=O) groups is 1. The molecule has 1 atom stereocenters. The SMILES string of the molecule is CCC(O)C(F)(F)C(=O)O. The summed E-state index contributed by atoms with van der Waals surface area (Å²) in [5.41, 5.74) is 0. The summed E-state index contributed by atoms with van der Waals surface area (Å²) in [4.78, 5) is 9.71. The van der Waals surface area contributed by atoms with Crippen molar-refractivity contribution in [2.45, 2.75) is 25.4 Å². The van der Waals surface area contributed by atoms with Crippen LogP contribution in [0, 0.1) is 0 Å². The van der Waals surface area contributed by atoms with E-state index in [-0.39, 0.29) is 6.42 Å². The quantitative estimate of drug-likeness (QED) is 0.621. The molecule has 0 radical (unpaired) electrons. The van der Waals surface area contributed by atoms with E-state index in [0.717, 1.165) is 0 Å². The number of rotatable bonds is 3. The van der Waals surface area contributed by atoms with Crippen LogP contribution in [0.25, 0.3) is 0 Å². The van der Waals surface area contributed by atoms with Crippen molar-refractivity contribution in [3.05, 3.63) is 0 Å². The number of carboxylic acid groups (broad SMARTS) is 1. The third kappa shape index (κ3) is 1.63. The molecule has 0 aromatic rings. The van der Waals surface area contributed by atoms with Gasteiger partial charge < -0.3 is 10.2 Å². The van der Waals surface area contributed by atoms with Gasteiger partial charge in [-0.25, -0.2) is 4.79 Å². The average Bonchev–Trinajstić information content (AvgIpc) is 1.86. The second kappa shape index (κ2) is 2.92. The zero-order chi connectivity index (χ0) is 8.36. The molecule has 0 spiro atoms. The Balaban J connectivity index is 4.23. The van der Waals surface area contributed by atoms with Crippen LogP contribution in [0.3, 0.4) is 0 Å². The Morgan fingerprint density at radius 3 is 2.20 bits per heavy atom. The first kappa shape index (κ1) is 9.29. The maximum Gasteiger partial charge on any atom is 0.377 e. The van der Waals surface area contributed by atoms with E-state index in [9.17, 15) is 13.6 Å². The Morgan fingerprint density at radius 1 is 1.70 bits per heavy atom. The molecule has 0 aliphatic heterocycles. The maximum atomic E-state index is 12.1. The number of halogens is 2. The smallest absolute Gasteiger partial charge is 0.377 e. The highest BCUT2D eigenvalue weighted by Crippen LogP contribution is 2.20. The molecule has 0 fully saturated rings. The standard InChI is InChI=1S/C5H8F2O3/c1-2-3(8)5(6,7)4(9)10/h3,8H,2H2,1H3,(H,9,10). The minimum atomic E-state index is -4.02. The summed E-state index contributed by atoms with van der Waals surface area (Å²) in [6.45, 7) is 1.28. The van der Waals surface area contributed by atoms with Gasteiger partial charge >= 0.3 is 11.9 Å². The van der Waals surface area contributed by atoms with Crippen molar-refractivity contribution < 1.29 is 23.8 Å². The van der Waals surface area contributed by atoms with Gasteiger partial charge in [0, 0.05) is 0 Å². The largest absolute Gasteiger partial charge is 0.477 e. The van der Waals surface area contributed by atoms with E-state index in [2.05, 4.69) is 0 Å². The third-order valence-electron chi connectivity index (χ3n) is 1.09. The van der Waals surface area contributed by atoms with Crippen LogP contribution in [-0.4, -0.2) is 28.2 Å². The molecule has 0 saturated carbocycles. The van der Waals surface area contributed by atoms with E-state index in [4.69, 9.17) is 10.2 Å². The summed E-state index contributed by atoms with van der Waals surface area (Å²) in [6, 6.07) is 0. The number of aliphatic hydroxyl groups excluding tert-OH is 1. The number of carboxylic acids is 1. The first-order valence-corrected chi connectivity index (χ1v) is 2.72. The van der Waals surface area contributed by atoms with Crippen molar-refractivity contribution in [2.24, 2.45) is 0 Å². The van der Waals surface area contributed by atoms with Crippen LogP contribution in [0.15, 0.2) is 0 Å². The molecule has 0 rings (SSSR count). The monoisotopic (exact) mass is 154 g/mol. The van der Waals surface area contributed by atoms with Gasteiger partial charge in [-0.1, -0.05) is 6.92 Å². The maximum absolute atomic E-state index is 12.1. The van der Waals surface area contributed by atoms with Gasteiger partial charge in [0.05, 0.1) is 0 Å². The van der Waals surface area contributed by atoms with Crippen LogP contribution in [0.2, 0.25) is 0 Å². The summed E-state index contributed by atoms with van der Waals surface area (Å²) in [5, 5.41) is 16.3. The fourth-order valence-corrected chi connectivity index (χ4v) is 0.399. The highest BCUT2D eigenvalue weighted by molar-refractivity contribution is 5.76. The Morgan fingerprint density at radius 2 is 2.10 bits per heavy atom. The molecule has 0 heterocycles. The molecule has 0 saturated heterocycles. The highest BCUT2D eigenvalue weighted by Gasteiger charge is 2.45. The summed E-state index contributed by atoms with van der Waals surface area (Å²) >= 11 is 0. The Labute approximate surface area is 56.3 Å². The van der Waals surface area contributed by atoms with Gasteiger partial charge in [-0.2, -0.15) is 8.78 Å². The van der Waals surface area contributed by atoms with Gasteiger partial charge in [0.15, 0.2) is 0 Å². The molecule has 0 aromatic heterocycles. The van der Waals surface area contributed by atoms with E-state index >= 15 is 0 Å². The lowest BCUT2D eigenvalue weighted by Crippen LogP contribution is -2.40. The molecule has 1 unspecified atom stereocenters. The van der Waals surface area contributed by atoms with Crippen LogP contribution in [-0.2, 0) is 4.79 Å². The normalized spacial score (nSPS) is 14.8. The topological polar surface area (TPSA) is 57.5 Å². The van der Waals surface area contributed by atoms with Crippen LogP contribution >= 0.6 is 0 Å². The Kier molecular flexibility index (Phi) is 2.71. The van der Waals surface area contributed by atoms with Gasteiger partial charge in [-0.3, -0.25) is 0 Å². The van der Waals surface area contributed by atoms with E-state index in [1.54, 1.807) is 0 Å². The summed E-state index contributed by atoms with van der Waals surface area (Å²) < 4.78 is 24.2. The van der Waals surface area contributed by atoms with Crippen LogP contribution in [0.4, 0.5) is 8.78 Å². The minimum Gasteiger partial charge on any atom is -0.477 e. The zero-order valence-electron chi connectivity index (χ0n) is 5.34. The van der Waals surface area contributed by atoms with E-state index in [0.29, 0.717) is 0 Å². The molecular formula is C5H8F2O3. The fourth-order valence-electron chi connectivity index (χ4n) is 0.399.